The number of carbonyl (C=O) groups excluding carboxylic acids is 2. The molecule has 0 bridgehead atoms. The van der Waals surface area contributed by atoms with E-state index in [0.717, 1.165) is 26.8 Å². The Labute approximate surface area is 202 Å². The molecule has 9 heteroatoms. The van der Waals surface area contributed by atoms with Crippen molar-refractivity contribution in [1.82, 2.24) is 14.9 Å². The minimum absolute atomic E-state index is 0.0576. The van der Waals surface area contributed by atoms with Gasteiger partial charge in [0.05, 0.1) is 5.69 Å². The first kappa shape index (κ1) is 24.0. The molecule has 0 aliphatic heterocycles. The second-order valence-electron chi connectivity index (χ2n) is 9.30. The number of alkyl carbamates (subject to hydrolysis) is 1. The van der Waals surface area contributed by atoms with Crippen LogP contribution in [0.3, 0.4) is 0 Å². The van der Waals surface area contributed by atoms with E-state index in [1.54, 1.807) is 20.8 Å². The van der Waals surface area contributed by atoms with Crippen LogP contribution in [0.25, 0.3) is 11.1 Å². The number of ether oxygens (including phenoxy) is 2. The standard InChI is InChI=1S/C26H27N3O6/c1-26(2,3)35-25(33)29-15-27-13-16(29)12-22(23(30)31)28-24(32)34-14-21-19-10-6-4-8-17(19)18-9-5-7-11-20(18)21/h4-11,13,15,21-22H,12,14H2,1-3H3,(H,28,32)(H,30,31)/t22-/m0/s1. The molecule has 1 aliphatic carbocycles. The van der Waals surface area contributed by atoms with E-state index in [0.29, 0.717) is 0 Å². The zero-order valence-electron chi connectivity index (χ0n) is 19.7. The maximum Gasteiger partial charge on any atom is 0.420 e. The van der Waals surface area contributed by atoms with Gasteiger partial charge in [0.15, 0.2) is 0 Å². The number of fused-ring (bicyclic) bond motifs is 3. The first-order valence-electron chi connectivity index (χ1n) is 11.2. The van der Waals surface area contributed by atoms with Gasteiger partial charge in [-0.25, -0.2) is 23.9 Å². The molecule has 1 aliphatic rings. The van der Waals surface area contributed by atoms with Gasteiger partial charge in [0.1, 0.15) is 24.6 Å². The smallest absolute Gasteiger partial charge is 0.420 e. The topological polar surface area (TPSA) is 120 Å². The van der Waals surface area contributed by atoms with Crippen LogP contribution in [0.4, 0.5) is 9.59 Å². The third-order valence-electron chi connectivity index (χ3n) is 5.65. The van der Waals surface area contributed by atoms with E-state index in [2.05, 4.69) is 10.3 Å². The summed E-state index contributed by atoms with van der Waals surface area (Å²) < 4.78 is 11.9. The first-order valence-corrected chi connectivity index (χ1v) is 11.2. The molecule has 0 saturated heterocycles. The third-order valence-corrected chi connectivity index (χ3v) is 5.65. The van der Waals surface area contributed by atoms with E-state index in [4.69, 9.17) is 9.47 Å². The lowest BCUT2D eigenvalue weighted by Gasteiger charge is -2.21. The number of imidazole rings is 1. The lowest BCUT2D eigenvalue weighted by molar-refractivity contribution is -0.139. The van der Waals surface area contributed by atoms with Crippen LogP contribution in [0.1, 0.15) is 43.5 Å². The van der Waals surface area contributed by atoms with Gasteiger partial charge >= 0.3 is 18.2 Å². The van der Waals surface area contributed by atoms with Crippen molar-refractivity contribution in [3.63, 3.8) is 0 Å². The first-order chi connectivity index (χ1) is 16.6. The fourth-order valence-electron chi connectivity index (χ4n) is 4.14. The summed E-state index contributed by atoms with van der Waals surface area (Å²) in [7, 11) is 0. The van der Waals surface area contributed by atoms with Crippen molar-refractivity contribution >= 4 is 18.2 Å². The summed E-state index contributed by atoms with van der Waals surface area (Å²) in [6, 6.07) is 14.5. The zero-order chi connectivity index (χ0) is 25.2. The van der Waals surface area contributed by atoms with E-state index in [9.17, 15) is 19.5 Å². The van der Waals surface area contributed by atoms with Crippen LogP contribution in [0, 0.1) is 0 Å². The zero-order valence-corrected chi connectivity index (χ0v) is 19.7. The molecule has 1 amide bonds. The van der Waals surface area contributed by atoms with Crippen molar-refractivity contribution in [3.8, 4) is 11.1 Å². The molecule has 35 heavy (non-hydrogen) atoms. The second-order valence-corrected chi connectivity index (χ2v) is 9.30. The summed E-state index contributed by atoms with van der Waals surface area (Å²) >= 11 is 0. The predicted molar refractivity (Wildman–Crippen MR) is 127 cm³/mol. The maximum absolute atomic E-state index is 12.6. The van der Waals surface area contributed by atoms with Crippen molar-refractivity contribution in [2.75, 3.05) is 6.61 Å². The Morgan fingerprint density at radius 1 is 1.06 bits per heavy atom. The minimum Gasteiger partial charge on any atom is -0.480 e. The van der Waals surface area contributed by atoms with E-state index in [-0.39, 0.29) is 24.6 Å². The molecule has 2 aromatic carbocycles. The molecule has 0 spiro atoms. The molecule has 1 aromatic heterocycles. The molecule has 0 radical (unpaired) electrons. The van der Waals surface area contributed by atoms with Crippen LogP contribution < -0.4 is 5.32 Å². The van der Waals surface area contributed by atoms with Crippen LogP contribution in [0.5, 0.6) is 0 Å². The average Bonchev–Trinajstić information content (AvgIpc) is 3.39. The number of benzene rings is 2. The highest BCUT2D eigenvalue weighted by molar-refractivity contribution is 5.81. The van der Waals surface area contributed by atoms with Crippen molar-refractivity contribution < 1.29 is 29.0 Å². The molecule has 3 aromatic rings. The molecule has 1 atom stereocenters. The summed E-state index contributed by atoms with van der Waals surface area (Å²) in [6.07, 6.45) is 0.881. The number of rotatable bonds is 6. The van der Waals surface area contributed by atoms with Gasteiger partial charge in [-0.15, -0.1) is 0 Å². The largest absolute Gasteiger partial charge is 0.480 e. The fraction of sp³-hybridized carbons (Fsp3) is 0.308. The number of hydrogen-bond donors (Lipinski definition) is 2. The number of amides is 1. The summed E-state index contributed by atoms with van der Waals surface area (Å²) in [5, 5.41) is 12.0. The summed E-state index contributed by atoms with van der Waals surface area (Å²) in [5.41, 5.74) is 3.84. The lowest BCUT2D eigenvalue weighted by atomic mass is 9.98. The normalized spacial score (nSPS) is 13.5. The van der Waals surface area contributed by atoms with Gasteiger partial charge in [-0.2, -0.15) is 0 Å². The average molecular weight is 478 g/mol. The maximum atomic E-state index is 12.6. The molecule has 9 nitrogen and oxygen atoms in total. The van der Waals surface area contributed by atoms with Crippen LogP contribution in [0.2, 0.25) is 0 Å². The highest BCUT2D eigenvalue weighted by atomic mass is 16.6. The second kappa shape index (κ2) is 9.61. The Hall–Kier alpha value is -4.14. The Morgan fingerprint density at radius 2 is 1.66 bits per heavy atom. The van der Waals surface area contributed by atoms with Gasteiger partial charge in [-0.05, 0) is 43.0 Å². The van der Waals surface area contributed by atoms with Crippen molar-refractivity contribution in [2.24, 2.45) is 0 Å². The molecule has 2 N–H and O–H groups in total. The Balaban J connectivity index is 1.42. The van der Waals surface area contributed by atoms with Crippen molar-refractivity contribution in [3.05, 3.63) is 77.9 Å². The highest BCUT2D eigenvalue weighted by Gasteiger charge is 2.30. The molecule has 4 rings (SSSR count). The van der Waals surface area contributed by atoms with Gasteiger partial charge in [-0.3, -0.25) is 0 Å². The number of carbonyl (C=O) groups is 3. The van der Waals surface area contributed by atoms with Crippen LogP contribution in [-0.4, -0.2) is 51.1 Å². The number of carboxylic acid groups (broad SMARTS) is 1. The summed E-state index contributed by atoms with van der Waals surface area (Å²) in [5.74, 6) is -1.42. The Kier molecular flexibility index (Phi) is 6.59. The van der Waals surface area contributed by atoms with Crippen molar-refractivity contribution in [1.29, 1.82) is 0 Å². The molecule has 0 unspecified atom stereocenters. The Bertz CT molecular complexity index is 1210. The Morgan fingerprint density at radius 3 is 2.23 bits per heavy atom. The van der Waals surface area contributed by atoms with Gasteiger partial charge in [-0.1, -0.05) is 48.5 Å². The quantitative estimate of drug-likeness (QED) is 0.546. The highest BCUT2D eigenvalue weighted by Crippen LogP contribution is 2.44. The molecular weight excluding hydrogens is 450 g/mol. The predicted octanol–water partition coefficient (Wildman–Crippen LogP) is 4.20. The fourth-order valence-corrected chi connectivity index (χ4v) is 4.14. The number of hydrogen-bond acceptors (Lipinski definition) is 6. The number of aromatic nitrogens is 2. The van der Waals surface area contributed by atoms with Gasteiger partial charge in [0.25, 0.3) is 0 Å². The lowest BCUT2D eigenvalue weighted by Crippen LogP contribution is -2.43. The number of nitrogens with one attached hydrogen (secondary N) is 1. The van der Waals surface area contributed by atoms with Gasteiger partial charge in [0, 0.05) is 18.5 Å². The summed E-state index contributed by atoms with van der Waals surface area (Å²) in [4.78, 5) is 40.7. The number of aliphatic carboxylic acids is 1. The summed E-state index contributed by atoms with van der Waals surface area (Å²) in [6.45, 7) is 5.23. The van der Waals surface area contributed by atoms with E-state index in [1.165, 1.54) is 12.5 Å². The van der Waals surface area contributed by atoms with Crippen LogP contribution in [-0.2, 0) is 20.7 Å². The van der Waals surface area contributed by atoms with Gasteiger partial charge < -0.3 is 19.9 Å². The van der Waals surface area contributed by atoms with Crippen LogP contribution >= 0.6 is 0 Å². The molecule has 1 heterocycles. The molecule has 0 fully saturated rings. The number of nitrogens with zero attached hydrogens (tertiary/aromatic N) is 2. The molecule has 182 valence electrons. The third kappa shape index (κ3) is 5.34. The van der Waals surface area contributed by atoms with E-state index < -0.39 is 29.8 Å². The van der Waals surface area contributed by atoms with Gasteiger partial charge in [0.2, 0.25) is 0 Å². The molecular formula is C26H27N3O6. The minimum atomic E-state index is -1.33. The SMILES string of the molecule is CC(C)(C)OC(=O)n1cncc1C[C@H](NC(=O)OCC1c2ccccc2-c2ccccc21)C(=O)O. The van der Waals surface area contributed by atoms with E-state index >= 15 is 0 Å². The van der Waals surface area contributed by atoms with Crippen LogP contribution in [0.15, 0.2) is 61.1 Å². The van der Waals surface area contributed by atoms with Crippen molar-refractivity contribution in [2.45, 2.75) is 44.8 Å². The molecule has 0 saturated carbocycles. The monoisotopic (exact) mass is 477 g/mol. The van der Waals surface area contributed by atoms with E-state index in [1.807, 2.05) is 48.5 Å². The number of carboxylic acids is 1.